The number of hydrogen-bond acceptors (Lipinski definition) is 4. The molecule has 3 aromatic rings. The first-order valence-corrected chi connectivity index (χ1v) is 9.66. The summed E-state index contributed by atoms with van der Waals surface area (Å²) in [6.45, 7) is 5.37. The fraction of sp³-hybridized carbons (Fsp3) is 0.136. The molecule has 148 valence electrons. The minimum atomic E-state index is -1.08. The van der Waals surface area contributed by atoms with Gasteiger partial charge in [0.2, 0.25) is 5.91 Å². The van der Waals surface area contributed by atoms with Crippen LogP contribution in [0.15, 0.2) is 47.9 Å². The summed E-state index contributed by atoms with van der Waals surface area (Å²) in [6, 6.07) is 8.68. The second kappa shape index (κ2) is 8.45. The minimum absolute atomic E-state index is 0.0383. The zero-order chi connectivity index (χ0) is 21.1. The fourth-order valence-corrected chi connectivity index (χ4v) is 3.60. The van der Waals surface area contributed by atoms with Gasteiger partial charge in [0, 0.05) is 17.9 Å². The molecule has 0 bridgehead atoms. The van der Waals surface area contributed by atoms with Crippen molar-refractivity contribution in [3.63, 3.8) is 0 Å². The Labute approximate surface area is 171 Å². The molecule has 4 nitrogen and oxygen atoms in total. The molecule has 0 spiro atoms. The number of anilines is 2. The summed E-state index contributed by atoms with van der Waals surface area (Å²) >= 11 is 1.27. The number of aryl methyl sites for hydroxylation is 1. The van der Waals surface area contributed by atoms with Crippen LogP contribution in [0, 0.1) is 25.5 Å². The van der Waals surface area contributed by atoms with E-state index in [1.54, 1.807) is 5.38 Å². The van der Waals surface area contributed by atoms with Crippen LogP contribution < -0.4 is 4.90 Å². The Bertz CT molecular complexity index is 1120. The Morgan fingerprint density at radius 3 is 2.55 bits per heavy atom. The van der Waals surface area contributed by atoms with Crippen LogP contribution in [-0.2, 0) is 4.79 Å². The number of aromatic nitrogens is 1. The predicted molar refractivity (Wildman–Crippen MR) is 111 cm³/mol. The summed E-state index contributed by atoms with van der Waals surface area (Å²) in [5, 5.41) is 2.19. The Kier molecular flexibility index (Phi) is 5.98. The average Bonchev–Trinajstić information content (AvgIpc) is 3.14. The molecular weight excluding hydrogens is 394 g/mol. The maximum atomic E-state index is 13.3. The number of carbonyl (C=O) groups is 2. The summed E-state index contributed by atoms with van der Waals surface area (Å²) < 4.78 is 26.3. The SMILES string of the molecule is CC(=O)N(c1nc(/C=C/C(=O)c2ccc(F)c(F)c2)cs1)c1cccc(C)c1C. The van der Waals surface area contributed by atoms with E-state index in [9.17, 15) is 18.4 Å². The molecule has 1 heterocycles. The number of carbonyl (C=O) groups excluding carboxylic acids is 2. The van der Waals surface area contributed by atoms with E-state index in [1.165, 1.54) is 41.4 Å². The van der Waals surface area contributed by atoms with Crippen molar-refractivity contribution in [3.8, 4) is 0 Å². The van der Waals surface area contributed by atoms with Crippen molar-refractivity contribution >= 4 is 39.9 Å². The van der Waals surface area contributed by atoms with Crippen LogP contribution in [0.25, 0.3) is 6.08 Å². The van der Waals surface area contributed by atoms with Gasteiger partial charge in [-0.1, -0.05) is 12.1 Å². The van der Waals surface area contributed by atoms with Crippen LogP contribution in [0.1, 0.15) is 34.1 Å². The van der Waals surface area contributed by atoms with Gasteiger partial charge in [0.15, 0.2) is 22.5 Å². The van der Waals surface area contributed by atoms with E-state index in [-0.39, 0.29) is 11.5 Å². The molecule has 0 saturated heterocycles. The highest BCUT2D eigenvalue weighted by Gasteiger charge is 2.20. The summed E-state index contributed by atoms with van der Waals surface area (Å²) in [5.41, 5.74) is 3.31. The van der Waals surface area contributed by atoms with Crippen molar-refractivity contribution < 1.29 is 18.4 Å². The third-order valence-electron chi connectivity index (χ3n) is 4.44. The van der Waals surface area contributed by atoms with Gasteiger partial charge in [-0.15, -0.1) is 11.3 Å². The van der Waals surface area contributed by atoms with Gasteiger partial charge in [-0.05, 0) is 61.4 Å². The van der Waals surface area contributed by atoms with Crippen LogP contribution in [0.2, 0.25) is 0 Å². The van der Waals surface area contributed by atoms with E-state index in [0.717, 1.165) is 28.9 Å². The number of halogens is 2. The summed E-state index contributed by atoms with van der Waals surface area (Å²) in [4.78, 5) is 30.4. The molecule has 29 heavy (non-hydrogen) atoms. The topological polar surface area (TPSA) is 50.3 Å². The molecule has 0 radical (unpaired) electrons. The minimum Gasteiger partial charge on any atom is -0.289 e. The third kappa shape index (κ3) is 4.46. The number of ketones is 1. The highest BCUT2D eigenvalue weighted by atomic mass is 32.1. The molecule has 0 fully saturated rings. The van der Waals surface area contributed by atoms with Gasteiger partial charge in [-0.25, -0.2) is 13.8 Å². The van der Waals surface area contributed by atoms with E-state index >= 15 is 0 Å². The lowest BCUT2D eigenvalue weighted by molar-refractivity contribution is -0.115. The number of allylic oxidation sites excluding steroid dienone is 1. The second-order valence-corrected chi connectivity index (χ2v) is 7.29. The van der Waals surface area contributed by atoms with E-state index in [0.29, 0.717) is 10.8 Å². The Balaban J connectivity index is 1.86. The van der Waals surface area contributed by atoms with Crippen molar-refractivity contribution in [2.45, 2.75) is 20.8 Å². The number of hydrogen-bond donors (Lipinski definition) is 0. The standard InChI is InChI=1S/C22H18F2N2O2S/c1-13-5-4-6-20(14(13)2)26(15(3)27)22-25-17(12-29-22)8-10-21(28)16-7-9-18(23)19(24)11-16/h4-12H,1-3H3/b10-8+. The number of rotatable bonds is 5. The van der Waals surface area contributed by atoms with Crippen molar-refractivity contribution in [2.75, 3.05) is 4.90 Å². The van der Waals surface area contributed by atoms with E-state index in [2.05, 4.69) is 4.98 Å². The van der Waals surface area contributed by atoms with Crippen molar-refractivity contribution in [1.82, 2.24) is 4.98 Å². The lowest BCUT2D eigenvalue weighted by Gasteiger charge is -2.21. The smallest absolute Gasteiger partial charge is 0.230 e. The molecule has 1 aromatic heterocycles. The molecule has 0 saturated carbocycles. The first-order chi connectivity index (χ1) is 13.8. The summed E-state index contributed by atoms with van der Waals surface area (Å²) in [7, 11) is 0. The first-order valence-electron chi connectivity index (χ1n) is 8.78. The normalized spacial score (nSPS) is 11.1. The summed E-state index contributed by atoms with van der Waals surface area (Å²) in [5.74, 6) is -2.74. The van der Waals surface area contributed by atoms with E-state index in [1.807, 2.05) is 32.0 Å². The molecule has 0 aliphatic rings. The summed E-state index contributed by atoms with van der Waals surface area (Å²) in [6.07, 6.45) is 2.71. The van der Waals surface area contributed by atoms with Crippen LogP contribution in [-0.4, -0.2) is 16.7 Å². The largest absolute Gasteiger partial charge is 0.289 e. The van der Waals surface area contributed by atoms with Gasteiger partial charge < -0.3 is 0 Å². The van der Waals surface area contributed by atoms with Gasteiger partial charge >= 0.3 is 0 Å². The Morgan fingerprint density at radius 2 is 1.86 bits per heavy atom. The van der Waals surface area contributed by atoms with Crippen LogP contribution in [0.3, 0.4) is 0 Å². The highest BCUT2D eigenvalue weighted by molar-refractivity contribution is 7.14. The second-order valence-electron chi connectivity index (χ2n) is 6.45. The van der Waals surface area contributed by atoms with Gasteiger partial charge in [-0.3, -0.25) is 14.5 Å². The van der Waals surface area contributed by atoms with Crippen molar-refractivity contribution in [3.05, 3.63) is 81.9 Å². The van der Waals surface area contributed by atoms with E-state index < -0.39 is 17.4 Å². The van der Waals surface area contributed by atoms with Gasteiger partial charge in [-0.2, -0.15) is 0 Å². The Morgan fingerprint density at radius 1 is 1.10 bits per heavy atom. The first kappa shape index (κ1) is 20.5. The maximum absolute atomic E-state index is 13.3. The maximum Gasteiger partial charge on any atom is 0.230 e. The van der Waals surface area contributed by atoms with Gasteiger partial charge in [0.25, 0.3) is 0 Å². The molecular formula is C22H18F2N2O2S. The zero-order valence-corrected chi connectivity index (χ0v) is 16.9. The van der Waals surface area contributed by atoms with Crippen molar-refractivity contribution in [1.29, 1.82) is 0 Å². The molecule has 0 atom stereocenters. The molecule has 3 rings (SSSR count). The number of amides is 1. The molecule has 0 N–H and O–H groups in total. The number of nitrogens with zero attached hydrogens (tertiary/aromatic N) is 2. The molecule has 1 amide bonds. The molecule has 2 aromatic carbocycles. The molecule has 0 aliphatic heterocycles. The van der Waals surface area contributed by atoms with Gasteiger partial charge in [0.1, 0.15) is 0 Å². The average molecular weight is 412 g/mol. The molecule has 0 unspecified atom stereocenters. The number of benzene rings is 2. The zero-order valence-electron chi connectivity index (χ0n) is 16.1. The van der Waals surface area contributed by atoms with E-state index in [4.69, 9.17) is 0 Å². The lowest BCUT2D eigenvalue weighted by atomic mass is 10.1. The fourth-order valence-electron chi connectivity index (χ4n) is 2.75. The monoisotopic (exact) mass is 412 g/mol. The van der Waals surface area contributed by atoms with Crippen molar-refractivity contribution in [2.24, 2.45) is 0 Å². The number of thiazole rings is 1. The van der Waals surface area contributed by atoms with Crippen LogP contribution >= 0.6 is 11.3 Å². The third-order valence-corrected chi connectivity index (χ3v) is 5.29. The van der Waals surface area contributed by atoms with Gasteiger partial charge in [0.05, 0.1) is 11.4 Å². The quantitative estimate of drug-likeness (QED) is 0.404. The van der Waals surface area contributed by atoms with Crippen LogP contribution in [0.5, 0.6) is 0 Å². The molecule has 7 heteroatoms. The highest BCUT2D eigenvalue weighted by Crippen LogP contribution is 2.32. The molecule has 0 aliphatic carbocycles. The predicted octanol–water partition coefficient (Wildman–Crippen LogP) is 5.62. The van der Waals surface area contributed by atoms with Crippen LogP contribution in [0.4, 0.5) is 19.6 Å². The lowest BCUT2D eigenvalue weighted by Crippen LogP contribution is -2.23. The Hall–Kier alpha value is -3.19.